The van der Waals surface area contributed by atoms with Crippen molar-refractivity contribution in [1.82, 2.24) is 15.0 Å². The van der Waals surface area contributed by atoms with Crippen LogP contribution in [0, 0.1) is 13.8 Å². The molecule has 1 saturated heterocycles. The summed E-state index contributed by atoms with van der Waals surface area (Å²) in [5.41, 5.74) is 4.84. The van der Waals surface area contributed by atoms with E-state index in [2.05, 4.69) is 31.1 Å². The minimum Gasteiger partial charge on any atom is -0.467 e. The number of hydrogen-bond donors (Lipinski definition) is 0. The number of fused-ring (bicyclic) bond motifs is 2. The maximum absolute atomic E-state index is 12.8. The van der Waals surface area contributed by atoms with Crippen LogP contribution < -0.4 is 4.74 Å². The van der Waals surface area contributed by atoms with Crippen LogP contribution in [0.2, 0.25) is 0 Å². The predicted molar refractivity (Wildman–Crippen MR) is 117 cm³/mol. The van der Waals surface area contributed by atoms with Gasteiger partial charge in [0.1, 0.15) is 11.8 Å². The van der Waals surface area contributed by atoms with Crippen LogP contribution >= 0.6 is 11.3 Å². The Bertz CT molecular complexity index is 1180. The smallest absolute Gasteiger partial charge is 0.274 e. The summed E-state index contributed by atoms with van der Waals surface area (Å²) in [6, 6.07) is 11.9. The van der Waals surface area contributed by atoms with Gasteiger partial charge in [-0.2, -0.15) is 0 Å². The highest BCUT2D eigenvalue weighted by Crippen LogP contribution is 2.33. The molecule has 1 fully saturated rings. The first kappa shape index (κ1) is 19.1. The van der Waals surface area contributed by atoms with Crippen molar-refractivity contribution in [3.05, 3.63) is 53.2 Å². The minimum absolute atomic E-state index is 0.0822. The van der Waals surface area contributed by atoms with Gasteiger partial charge in [-0.3, -0.25) is 4.79 Å². The number of piperidine rings is 1. The summed E-state index contributed by atoms with van der Waals surface area (Å²) in [4.78, 5) is 19.4. The maximum atomic E-state index is 12.8. The molecule has 0 aliphatic carbocycles. The summed E-state index contributed by atoms with van der Waals surface area (Å²) in [5.74, 6) is 0.0822. The third kappa shape index (κ3) is 3.54. The Morgan fingerprint density at radius 3 is 2.73 bits per heavy atom. The van der Waals surface area contributed by atoms with Gasteiger partial charge in [-0.15, -0.1) is 0 Å². The number of amides is 1. The van der Waals surface area contributed by atoms with Crippen LogP contribution in [-0.4, -0.2) is 40.1 Å². The number of aromatic nitrogens is 2. The van der Waals surface area contributed by atoms with Crippen LogP contribution in [0.5, 0.6) is 5.19 Å². The van der Waals surface area contributed by atoms with Gasteiger partial charge in [-0.1, -0.05) is 40.8 Å². The maximum Gasteiger partial charge on any atom is 0.274 e. The highest BCUT2D eigenvalue weighted by molar-refractivity contribution is 7.20. The van der Waals surface area contributed by atoms with Gasteiger partial charge in [-0.25, -0.2) is 4.98 Å². The first-order valence-corrected chi connectivity index (χ1v) is 11.0. The molecule has 6 nitrogen and oxygen atoms in total. The summed E-state index contributed by atoms with van der Waals surface area (Å²) in [7, 11) is 0. The second kappa shape index (κ2) is 7.72. The van der Waals surface area contributed by atoms with Gasteiger partial charge in [-0.05, 0) is 37.1 Å². The number of carbonyl (C=O) groups is 1. The molecule has 0 unspecified atom stereocenters. The number of benzene rings is 2. The largest absolute Gasteiger partial charge is 0.467 e. The summed E-state index contributed by atoms with van der Waals surface area (Å²) in [6.45, 7) is 5.55. The highest BCUT2D eigenvalue weighted by Gasteiger charge is 2.26. The molecular weight excluding hydrogens is 398 g/mol. The number of thiazole rings is 1. The number of hydrogen-bond acceptors (Lipinski definition) is 6. The second-order valence-electron chi connectivity index (χ2n) is 7.86. The molecule has 0 N–H and O–H groups in total. The molecule has 154 valence electrons. The fourth-order valence-corrected chi connectivity index (χ4v) is 5.00. The molecule has 1 aliphatic rings. The third-order valence-corrected chi connectivity index (χ3v) is 6.84. The van der Waals surface area contributed by atoms with Gasteiger partial charge < -0.3 is 14.2 Å². The van der Waals surface area contributed by atoms with Crippen molar-refractivity contribution in [3.63, 3.8) is 0 Å². The van der Waals surface area contributed by atoms with Crippen LogP contribution in [0.1, 0.15) is 29.7 Å². The first-order chi connectivity index (χ1) is 14.6. The van der Waals surface area contributed by atoms with Crippen LogP contribution in [0.15, 0.2) is 40.9 Å². The van der Waals surface area contributed by atoms with E-state index in [1.807, 2.05) is 29.2 Å². The molecule has 3 heterocycles. The zero-order chi connectivity index (χ0) is 20.7. The van der Waals surface area contributed by atoms with Crippen molar-refractivity contribution in [1.29, 1.82) is 0 Å². The zero-order valence-corrected chi connectivity index (χ0v) is 17.9. The van der Waals surface area contributed by atoms with Crippen molar-refractivity contribution >= 4 is 38.4 Å². The topological polar surface area (TPSA) is 68.5 Å². The van der Waals surface area contributed by atoms with Crippen LogP contribution in [0.4, 0.5) is 0 Å². The van der Waals surface area contributed by atoms with Crippen molar-refractivity contribution in [2.24, 2.45) is 0 Å². The SMILES string of the molecule is Cc1ccc(C)c2sc(OC3CCN(C(=O)Cc4noc5ccccc45)CC3)nc12. The summed E-state index contributed by atoms with van der Waals surface area (Å²) < 4.78 is 12.7. The molecule has 2 aromatic heterocycles. The summed E-state index contributed by atoms with van der Waals surface area (Å²) in [6.07, 6.45) is 1.96. The zero-order valence-electron chi connectivity index (χ0n) is 17.1. The van der Waals surface area contributed by atoms with Gasteiger partial charge in [0, 0.05) is 31.3 Å². The average Bonchev–Trinajstić information content (AvgIpc) is 3.37. The van der Waals surface area contributed by atoms with Gasteiger partial charge in [0.2, 0.25) is 5.91 Å². The number of likely N-dealkylation sites (tertiary alicyclic amines) is 1. The summed E-state index contributed by atoms with van der Waals surface area (Å²) in [5, 5.41) is 5.71. The van der Waals surface area contributed by atoms with E-state index in [-0.39, 0.29) is 18.4 Å². The fraction of sp³-hybridized carbons (Fsp3) is 0.348. The molecule has 0 saturated carbocycles. The lowest BCUT2D eigenvalue weighted by Crippen LogP contribution is -2.42. The molecule has 1 amide bonds. The number of nitrogens with zero attached hydrogens (tertiary/aromatic N) is 3. The van der Waals surface area contributed by atoms with E-state index >= 15 is 0 Å². The van der Waals surface area contributed by atoms with Crippen LogP contribution in [-0.2, 0) is 11.2 Å². The molecule has 0 atom stereocenters. The van der Waals surface area contributed by atoms with Crippen molar-refractivity contribution < 1.29 is 14.1 Å². The normalized spacial score (nSPS) is 15.2. The summed E-state index contributed by atoms with van der Waals surface area (Å²) >= 11 is 1.61. The van der Waals surface area contributed by atoms with E-state index in [9.17, 15) is 4.79 Å². The van der Waals surface area contributed by atoms with Gasteiger partial charge in [0.15, 0.2) is 5.58 Å². The van der Waals surface area contributed by atoms with Gasteiger partial charge in [0.05, 0.1) is 16.6 Å². The molecule has 2 aromatic carbocycles. The van der Waals surface area contributed by atoms with Gasteiger partial charge in [0.25, 0.3) is 5.19 Å². The standard InChI is InChI=1S/C23H23N3O3S/c1-14-7-8-15(2)22-21(14)24-23(30-22)28-16-9-11-26(12-10-16)20(27)13-18-17-5-3-4-6-19(17)29-25-18/h3-8,16H,9-13H2,1-2H3. The Labute approximate surface area is 178 Å². The van der Waals surface area contributed by atoms with E-state index < -0.39 is 0 Å². The lowest BCUT2D eigenvalue weighted by Gasteiger charge is -2.31. The first-order valence-electron chi connectivity index (χ1n) is 10.2. The molecule has 0 radical (unpaired) electrons. The molecule has 0 bridgehead atoms. The number of carbonyl (C=O) groups excluding carboxylic acids is 1. The molecule has 0 spiro atoms. The van der Waals surface area contributed by atoms with Crippen LogP contribution in [0.3, 0.4) is 0 Å². The highest BCUT2D eigenvalue weighted by atomic mass is 32.1. The molecule has 30 heavy (non-hydrogen) atoms. The van der Waals surface area contributed by atoms with E-state index in [0.717, 1.165) is 28.9 Å². The average molecular weight is 422 g/mol. The Balaban J connectivity index is 1.21. The Morgan fingerprint density at radius 2 is 1.93 bits per heavy atom. The fourth-order valence-electron chi connectivity index (χ4n) is 3.98. The Kier molecular flexibility index (Phi) is 4.90. The molecular formula is C23H23N3O3S. The molecule has 7 heteroatoms. The monoisotopic (exact) mass is 421 g/mol. The number of ether oxygens (including phenoxy) is 1. The third-order valence-electron chi connectivity index (χ3n) is 5.76. The number of para-hydroxylation sites is 1. The van der Waals surface area contributed by atoms with E-state index in [0.29, 0.717) is 24.4 Å². The van der Waals surface area contributed by atoms with Crippen molar-refractivity contribution in [2.45, 2.75) is 39.2 Å². The quantitative estimate of drug-likeness (QED) is 0.479. The molecule has 1 aliphatic heterocycles. The lowest BCUT2D eigenvalue weighted by atomic mass is 10.1. The van der Waals surface area contributed by atoms with E-state index in [4.69, 9.17) is 14.2 Å². The Morgan fingerprint density at radius 1 is 1.17 bits per heavy atom. The van der Waals surface area contributed by atoms with E-state index in [1.54, 1.807) is 11.3 Å². The molecule has 4 aromatic rings. The predicted octanol–water partition coefficient (Wildman–Crippen LogP) is 4.67. The van der Waals surface area contributed by atoms with Crippen molar-refractivity contribution in [3.8, 4) is 5.19 Å². The lowest BCUT2D eigenvalue weighted by molar-refractivity contribution is -0.132. The molecule has 5 rings (SSSR count). The number of rotatable bonds is 4. The Hall–Kier alpha value is -2.93. The van der Waals surface area contributed by atoms with E-state index in [1.165, 1.54) is 15.8 Å². The number of aryl methyl sites for hydroxylation is 2. The van der Waals surface area contributed by atoms with Crippen molar-refractivity contribution in [2.75, 3.05) is 13.1 Å². The van der Waals surface area contributed by atoms with Crippen LogP contribution in [0.25, 0.3) is 21.2 Å². The van der Waals surface area contributed by atoms with Gasteiger partial charge >= 0.3 is 0 Å². The minimum atomic E-state index is 0.0822. The second-order valence-corrected chi connectivity index (χ2v) is 8.82.